The molecule has 0 fully saturated rings. The van der Waals surface area contributed by atoms with E-state index in [0.717, 1.165) is 25.8 Å². The molecule has 100 valence electrons. The number of hydrogen-bond donors (Lipinski definition) is 2. The summed E-state index contributed by atoms with van der Waals surface area (Å²) in [5.74, 6) is 0.0786. The monoisotopic (exact) mass is 249 g/mol. The van der Waals surface area contributed by atoms with Gasteiger partial charge in [0.15, 0.2) is 0 Å². The summed E-state index contributed by atoms with van der Waals surface area (Å²) < 4.78 is 0. The number of aromatic nitrogens is 1. The van der Waals surface area contributed by atoms with Gasteiger partial charge in [-0.1, -0.05) is 19.9 Å². The van der Waals surface area contributed by atoms with E-state index in [9.17, 15) is 4.79 Å². The minimum absolute atomic E-state index is 0.0786. The van der Waals surface area contributed by atoms with Gasteiger partial charge in [-0.3, -0.25) is 9.78 Å². The highest BCUT2D eigenvalue weighted by Gasteiger charge is 2.07. The topological polar surface area (TPSA) is 54.0 Å². The molecule has 1 rings (SSSR count). The van der Waals surface area contributed by atoms with Gasteiger partial charge in [0.25, 0.3) is 0 Å². The Labute approximate surface area is 109 Å². The molecule has 0 spiro atoms. The molecule has 0 aliphatic heterocycles. The molecule has 0 bridgehead atoms. The van der Waals surface area contributed by atoms with E-state index in [1.165, 1.54) is 5.56 Å². The van der Waals surface area contributed by atoms with Crippen LogP contribution in [0.1, 0.15) is 32.3 Å². The third kappa shape index (κ3) is 5.77. The van der Waals surface area contributed by atoms with Crippen LogP contribution in [0.25, 0.3) is 0 Å². The Morgan fingerprint density at radius 3 is 2.78 bits per heavy atom. The van der Waals surface area contributed by atoms with E-state index in [1.807, 2.05) is 18.3 Å². The van der Waals surface area contributed by atoms with Crippen molar-refractivity contribution < 1.29 is 4.79 Å². The fourth-order valence-electron chi connectivity index (χ4n) is 1.75. The van der Waals surface area contributed by atoms with Crippen molar-refractivity contribution in [3.63, 3.8) is 0 Å². The fraction of sp³-hybridized carbons (Fsp3) is 0.571. The molecule has 0 unspecified atom stereocenters. The van der Waals surface area contributed by atoms with Gasteiger partial charge in [0, 0.05) is 18.4 Å². The standard InChI is InChI=1S/C14H23N3O/c1-3-13(4-2)17-14(18)11-16-9-7-12-6-5-8-15-10-12/h5-6,8,10,13,16H,3-4,7,9,11H2,1-2H3,(H,17,18). The first-order valence-corrected chi connectivity index (χ1v) is 6.65. The minimum atomic E-state index is 0.0786. The fourth-order valence-corrected chi connectivity index (χ4v) is 1.75. The Kier molecular flexibility index (Phi) is 7.03. The molecule has 4 nitrogen and oxygen atoms in total. The molecule has 0 aromatic carbocycles. The van der Waals surface area contributed by atoms with Crippen LogP contribution in [0.2, 0.25) is 0 Å². The summed E-state index contributed by atoms with van der Waals surface area (Å²) in [5, 5.41) is 6.15. The van der Waals surface area contributed by atoms with Crippen molar-refractivity contribution in [2.45, 2.75) is 39.2 Å². The summed E-state index contributed by atoms with van der Waals surface area (Å²) in [6.07, 6.45) is 6.48. The van der Waals surface area contributed by atoms with Crippen molar-refractivity contribution in [2.24, 2.45) is 0 Å². The van der Waals surface area contributed by atoms with Gasteiger partial charge >= 0.3 is 0 Å². The summed E-state index contributed by atoms with van der Waals surface area (Å²) in [6, 6.07) is 4.27. The van der Waals surface area contributed by atoms with Crippen molar-refractivity contribution >= 4 is 5.91 Å². The highest BCUT2D eigenvalue weighted by atomic mass is 16.1. The zero-order valence-electron chi connectivity index (χ0n) is 11.3. The first-order valence-electron chi connectivity index (χ1n) is 6.65. The molecule has 1 amide bonds. The highest BCUT2D eigenvalue weighted by Crippen LogP contribution is 1.96. The van der Waals surface area contributed by atoms with Gasteiger partial charge in [0.2, 0.25) is 5.91 Å². The summed E-state index contributed by atoms with van der Waals surface area (Å²) >= 11 is 0. The molecule has 0 saturated carbocycles. The second-order valence-electron chi connectivity index (χ2n) is 4.37. The van der Waals surface area contributed by atoms with Crippen molar-refractivity contribution in [1.82, 2.24) is 15.6 Å². The first kappa shape index (κ1) is 14.6. The zero-order chi connectivity index (χ0) is 13.2. The van der Waals surface area contributed by atoms with Crippen LogP contribution in [0.15, 0.2) is 24.5 Å². The summed E-state index contributed by atoms with van der Waals surface area (Å²) in [7, 11) is 0. The lowest BCUT2D eigenvalue weighted by molar-refractivity contribution is -0.121. The van der Waals surface area contributed by atoms with Gasteiger partial charge in [-0.15, -0.1) is 0 Å². The smallest absolute Gasteiger partial charge is 0.234 e. The molecule has 18 heavy (non-hydrogen) atoms. The van der Waals surface area contributed by atoms with Crippen LogP contribution in [-0.4, -0.2) is 30.0 Å². The molecule has 0 saturated heterocycles. The Morgan fingerprint density at radius 2 is 2.17 bits per heavy atom. The number of pyridine rings is 1. The maximum Gasteiger partial charge on any atom is 0.234 e. The number of carbonyl (C=O) groups is 1. The average molecular weight is 249 g/mol. The summed E-state index contributed by atoms with van der Waals surface area (Å²) in [5.41, 5.74) is 1.19. The van der Waals surface area contributed by atoms with Crippen LogP contribution >= 0.6 is 0 Å². The summed E-state index contributed by atoms with van der Waals surface area (Å²) in [6.45, 7) is 5.35. The third-order valence-corrected chi connectivity index (χ3v) is 2.95. The number of nitrogens with zero attached hydrogens (tertiary/aromatic N) is 1. The van der Waals surface area contributed by atoms with Crippen molar-refractivity contribution in [1.29, 1.82) is 0 Å². The molecule has 1 aromatic heterocycles. The molecule has 0 atom stereocenters. The second kappa shape index (κ2) is 8.64. The van der Waals surface area contributed by atoms with E-state index < -0.39 is 0 Å². The Balaban J connectivity index is 2.12. The molecule has 0 aliphatic carbocycles. The lowest BCUT2D eigenvalue weighted by Crippen LogP contribution is -2.40. The zero-order valence-corrected chi connectivity index (χ0v) is 11.3. The molecule has 0 radical (unpaired) electrons. The minimum Gasteiger partial charge on any atom is -0.352 e. The van der Waals surface area contributed by atoms with Gasteiger partial charge in [-0.25, -0.2) is 0 Å². The van der Waals surface area contributed by atoms with Crippen molar-refractivity contribution in [2.75, 3.05) is 13.1 Å². The molecule has 0 aliphatic rings. The van der Waals surface area contributed by atoms with Gasteiger partial charge in [0.1, 0.15) is 0 Å². The van der Waals surface area contributed by atoms with E-state index >= 15 is 0 Å². The van der Waals surface area contributed by atoms with Crippen LogP contribution in [0.5, 0.6) is 0 Å². The molecular formula is C14H23N3O. The van der Waals surface area contributed by atoms with Crippen LogP contribution in [-0.2, 0) is 11.2 Å². The van der Waals surface area contributed by atoms with Crippen LogP contribution in [0.4, 0.5) is 0 Å². The van der Waals surface area contributed by atoms with Gasteiger partial charge < -0.3 is 10.6 Å². The molecular weight excluding hydrogens is 226 g/mol. The largest absolute Gasteiger partial charge is 0.352 e. The quantitative estimate of drug-likeness (QED) is 0.687. The first-order chi connectivity index (χ1) is 8.76. The van der Waals surface area contributed by atoms with Crippen molar-refractivity contribution in [3.05, 3.63) is 30.1 Å². The van der Waals surface area contributed by atoms with Crippen LogP contribution in [0, 0.1) is 0 Å². The lowest BCUT2D eigenvalue weighted by atomic mass is 10.2. The maximum atomic E-state index is 11.6. The number of nitrogens with one attached hydrogen (secondary N) is 2. The molecule has 1 aromatic rings. The third-order valence-electron chi connectivity index (χ3n) is 2.95. The van der Waals surface area contributed by atoms with E-state index in [4.69, 9.17) is 0 Å². The average Bonchev–Trinajstić information content (AvgIpc) is 2.42. The Bertz CT molecular complexity index is 336. The predicted molar refractivity (Wildman–Crippen MR) is 73.3 cm³/mol. The summed E-state index contributed by atoms with van der Waals surface area (Å²) in [4.78, 5) is 15.6. The van der Waals surface area contributed by atoms with E-state index in [1.54, 1.807) is 6.20 Å². The second-order valence-corrected chi connectivity index (χ2v) is 4.37. The van der Waals surface area contributed by atoms with E-state index in [0.29, 0.717) is 12.6 Å². The van der Waals surface area contributed by atoms with Gasteiger partial charge in [-0.2, -0.15) is 0 Å². The molecule has 1 heterocycles. The van der Waals surface area contributed by atoms with Crippen LogP contribution in [0.3, 0.4) is 0 Å². The van der Waals surface area contributed by atoms with E-state index in [-0.39, 0.29) is 5.91 Å². The SMILES string of the molecule is CCC(CC)NC(=O)CNCCc1cccnc1. The van der Waals surface area contributed by atoms with Gasteiger partial charge in [0.05, 0.1) is 6.54 Å². The Morgan fingerprint density at radius 1 is 1.39 bits per heavy atom. The predicted octanol–water partition coefficient (Wildman–Crippen LogP) is 1.52. The van der Waals surface area contributed by atoms with Crippen molar-refractivity contribution in [3.8, 4) is 0 Å². The number of carbonyl (C=O) groups excluding carboxylic acids is 1. The lowest BCUT2D eigenvalue weighted by Gasteiger charge is -2.14. The van der Waals surface area contributed by atoms with Crippen LogP contribution < -0.4 is 10.6 Å². The van der Waals surface area contributed by atoms with E-state index in [2.05, 4.69) is 29.5 Å². The Hall–Kier alpha value is -1.42. The normalized spacial score (nSPS) is 10.6. The molecule has 2 N–H and O–H groups in total. The number of amides is 1. The maximum absolute atomic E-state index is 11.6. The highest BCUT2D eigenvalue weighted by molar-refractivity contribution is 5.78. The number of hydrogen-bond acceptors (Lipinski definition) is 3. The molecule has 4 heteroatoms. The number of rotatable bonds is 8. The van der Waals surface area contributed by atoms with Gasteiger partial charge in [-0.05, 0) is 37.4 Å².